The summed E-state index contributed by atoms with van der Waals surface area (Å²) in [5.74, 6) is -0.526. The number of carbonyl (C=O) groups is 2. The van der Waals surface area contributed by atoms with Gasteiger partial charge in [-0.05, 0) is 44.0 Å². The zero-order valence-electron chi connectivity index (χ0n) is 13.8. The molecule has 3 rings (SSSR count). The van der Waals surface area contributed by atoms with Crippen LogP contribution in [-0.4, -0.2) is 61.2 Å². The zero-order chi connectivity index (χ0) is 18.2. The number of benzene rings is 1. The van der Waals surface area contributed by atoms with Gasteiger partial charge in [0, 0.05) is 24.7 Å². The van der Waals surface area contributed by atoms with Crippen molar-refractivity contribution in [1.82, 2.24) is 14.5 Å². The van der Waals surface area contributed by atoms with Gasteiger partial charge in [-0.3, -0.25) is 9.59 Å². The molecule has 9 heteroatoms. The lowest BCUT2D eigenvalue weighted by Crippen LogP contribution is -2.59. The molecule has 0 bridgehead atoms. The molecule has 0 aromatic heterocycles. The lowest BCUT2D eigenvalue weighted by atomic mass is 10.1. The monoisotopic (exact) mass is 385 g/mol. The second-order valence-corrected chi connectivity index (χ2v) is 8.55. The van der Waals surface area contributed by atoms with Crippen LogP contribution in [0.5, 0.6) is 0 Å². The van der Waals surface area contributed by atoms with Crippen LogP contribution in [0.3, 0.4) is 0 Å². The van der Waals surface area contributed by atoms with E-state index >= 15 is 0 Å². The maximum Gasteiger partial charge on any atom is 0.243 e. The number of amides is 2. The summed E-state index contributed by atoms with van der Waals surface area (Å²) >= 11 is 5.82. The van der Waals surface area contributed by atoms with E-state index in [0.717, 1.165) is 0 Å². The Bertz CT molecular complexity index is 781. The second-order valence-electron chi connectivity index (χ2n) is 6.23. The third kappa shape index (κ3) is 3.38. The summed E-state index contributed by atoms with van der Waals surface area (Å²) in [6.45, 7) is 2.71. The third-order valence-corrected chi connectivity index (χ3v) is 6.87. The molecule has 2 atom stereocenters. The van der Waals surface area contributed by atoms with Crippen LogP contribution in [-0.2, 0) is 19.6 Å². The minimum Gasteiger partial charge on any atom is -0.353 e. The predicted octanol–water partition coefficient (Wildman–Crippen LogP) is 0.840. The molecule has 2 amide bonds. The number of sulfonamides is 1. The number of nitrogens with zero attached hydrogens (tertiary/aromatic N) is 2. The van der Waals surface area contributed by atoms with Crippen LogP contribution < -0.4 is 5.32 Å². The molecule has 136 valence electrons. The molecule has 25 heavy (non-hydrogen) atoms. The highest BCUT2D eigenvalue weighted by Gasteiger charge is 2.43. The van der Waals surface area contributed by atoms with E-state index in [2.05, 4.69) is 5.32 Å². The number of nitrogens with one attached hydrogen (secondary N) is 1. The quantitative estimate of drug-likeness (QED) is 0.835. The van der Waals surface area contributed by atoms with Crippen LogP contribution in [0.1, 0.15) is 19.8 Å². The summed E-state index contributed by atoms with van der Waals surface area (Å²) in [4.78, 5) is 26.3. The average molecular weight is 386 g/mol. The Labute approximate surface area is 152 Å². The number of carbonyl (C=O) groups excluding carboxylic acids is 2. The largest absolute Gasteiger partial charge is 0.353 e. The van der Waals surface area contributed by atoms with Crippen LogP contribution in [0.25, 0.3) is 0 Å². The normalized spacial score (nSPS) is 25.0. The first-order valence-electron chi connectivity index (χ1n) is 8.18. The van der Waals surface area contributed by atoms with Crippen LogP contribution in [0.15, 0.2) is 29.2 Å². The molecular weight excluding hydrogens is 366 g/mol. The SMILES string of the molecule is CC1C(=O)NCCN1C(=O)C1CCCN1S(=O)(=O)c1ccc(Cl)cc1. The van der Waals surface area contributed by atoms with Gasteiger partial charge in [0.05, 0.1) is 4.90 Å². The molecule has 2 heterocycles. The van der Waals surface area contributed by atoms with Crippen molar-refractivity contribution in [2.24, 2.45) is 0 Å². The number of rotatable bonds is 3. The van der Waals surface area contributed by atoms with Crippen molar-refractivity contribution in [2.75, 3.05) is 19.6 Å². The van der Waals surface area contributed by atoms with Crippen molar-refractivity contribution >= 4 is 33.4 Å². The Morgan fingerprint density at radius 1 is 1.24 bits per heavy atom. The molecule has 2 aliphatic rings. The molecule has 2 saturated heterocycles. The summed E-state index contributed by atoms with van der Waals surface area (Å²) in [5.41, 5.74) is 0. The fraction of sp³-hybridized carbons (Fsp3) is 0.500. The van der Waals surface area contributed by atoms with Gasteiger partial charge in [-0.15, -0.1) is 0 Å². The van der Waals surface area contributed by atoms with E-state index in [0.29, 0.717) is 31.0 Å². The maximum absolute atomic E-state index is 12.9. The first-order chi connectivity index (χ1) is 11.8. The van der Waals surface area contributed by atoms with E-state index in [-0.39, 0.29) is 23.3 Å². The van der Waals surface area contributed by atoms with E-state index in [1.54, 1.807) is 6.92 Å². The van der Waals surface area contributed by atoms with Crippen molar-refractivity contribution in [2.45, 2.75) is 36.7 Å². The molecule has 0 spiro atoms. The number of halogens is 1. The Kier molecular flexibility index (Phi) is 5.04. The van der Waals surface area contributed by atoms with Crippen LogP contribution in [0.2, 0.25) is 5.02 Å². The minimum absolute atomic E-state index is 0.112. The Hall–Kier alpha value is -1.64. The summed E-state index contributed by atoms with van der Waals surface area (Å²) in [7, 11) is -3.79. The standard InChI is InChI=1S/C16H20ClN3O4S/c1-11-15(21)18-8-10-19(11)16(22)14-3-2-9-20(14)25(23,24)13-6-4-12(17)5-7-13/h4-7,11,14H,2-3,8-10H2,1H3,(H,18,21). The number of hydrogen-bond acceptors (Lipinski definition) is 4. The van der Waals surface area contributed by atoms with Gasteiger partial charge in [-0.2, -0.15) is 4.31 Å². The van der Waals surface area contributed by atoms with Crippen molar-refractivity contribution < 1.29 is 18.0 Å². The number of hydrogen-bond donors (Lipinski definition) is 1. The highest BCUT2D eigenvalue weighted by molar-refractivity contribution is 7.89. The summed E-state index contributed by atoms with van der Waals surface area (Å²) in [6.07, 6.45) is 1.06. The highest BCUT2D eigenvalue weighted by atomic mass is 35.5. The molecule has 0 radical (unpaired) electrons. The van der Waals surface area contributed by atoms with Crippen LogP contribution >= 0.6 is 11.6 Å². The first kappa shape index (κ1) is 18.2. The Balaban J connectivity index is 1.86. The fourth-order valence-corrected chi connectivity index (χ4v) is 5.07. The third-order valence-electron chi connectivity index (χ3n) is 4.69. The molecule has 1 aromatic carbocycles. The van der Waals surface area contributed by atoms with Crippen molar-refractivity contribution in [1.29, 1.82) is 0 Å². The smallest absolute Gasteiger partial charge is 0.243 e. The van der Waals surface area contributed by atoms with Crippen LogP contribution in [0, 0.1) is 0 Å². The molecule has 0 saturated carbocycles. The maximum atomic E-state index is 12.9. The fourth-order valence-electron chi connectivity index (χ4n) is 3.29. The van der Waals surface area contributed by atoms with Crippen molar-refractivity contribution in [3.63, 3.8) is 0 Å². The lowest BCUT2D eigenvalue weighted by Gasteiger charge is -2.36. The van der Waals surface area contributed by atoms with E-state index in [9.17, 15) is 18.0 Å². The van der Waals surface area contributed by atoms with Gasteiger partial charge in [0.25, 0.3) is 0 Å². The van der Waals surface area contributed by atoms with E-state index in [1.165, 1.54) is 33.5 Å². The van der Waals surface area contributed by atoms with E-state index < -0.39 is 22.1 Å². The average Bonchev–Trinajstić information content (AvgIpc) is 3.08. The van der Waals surface area contributed by atoms with Crippen LogP contribution in [0.4, 0.5) is 0 Å². The molecule has 2 aliphatic heterocycles. The summed E-state index contributed by atoms with van der Waals surface area (Å²) in [6, 6.07) is 4.54. The summed E-state index contributed by atoms with van der Waals surface area (Å²) in [5, 5.41) is 3.15. The molecule has 7 nitrogen and oxygen atoms in total. The Morgan fingerprint density at radius 3 is 2.60 bits per heavy atom. The Morgan fingerprint density at radius 2 is 1.92 bits per heavy atom. The first-order valence-corrected chi connectivity index (χ1v) is 10.00. The molecule has 1 aromatic rings. The topological polar surface area (TPSA) is 86.8 Å². The lowest BCUT2D eigenvalue weighted by molar-refractivity contribution is -0.144. The van der Waals surface area contributed by atoms with E-state index in [1.807, 2.05) is 0 Å². The van der Waals surface area contributed by atoms with Gasteiger partial charge in [-0.25, -0.2) is 8.42 Å². The molecule has 2 unspecified atom stereocenters. The molecule has 2 fully saturated rings. The number of piperazine rings is 1. The zero-order valence-corrected chi connectivity index (χ0v) is 15.4. The highest BCUT2D eigenvalue weighted by Crippen LogP contribution is 2.28. The van der Waals surface area contributed by atoms with Gasteiger partial charge in [0.15, 0.2) is 0 Å². The second kappa shape index (κ2) is 6.93. The minimum atomic E-state index is -3.79. The van der Waals surface area contributed by atoms with Gasteiger partial charge >= 0.3 is 0 Å². The van der Waals surface area contributed by atoms with Gasteiger partial charge in [-0.1, -0.05) is 11.6 Å². The molecule has 0 aliphatic carbocycles. The van der Waals surface area contributed by atoms with E-state index in [4.69, 9.17) is 11.6 Å². The predicted molar refractivity (Wildman–Crippen MR) is 92.6 cm³/mol. The van der Waals surface area contributed by atoms with Crippen molar-refractivity contribution in [3.8, 4) is 0 Å². The summed E-state index contributed by atoms with van der Waals surface area (Å²) < 4.78 is 27.1. The van der Waals surface area contributed by atoms with Gasteiger partial charge in [0.1, 0.15) is 12.1 Å². The van der Waals surface area contributed by atoms with Gasteiger partial charge in [0.2, 0.25) is 21.8 Å². The molecule has 1 N–H and O–H groups in total. The van der Waals surface area contributed by atoms with Crippen molar-refractivity contribution in [3.05, 3.63) is 29.3 Å². The van der Waals surface area contributed by atoms with Gasteiger partial charge < -0.3 is 10.2 Å². The molecular formula is C16H20ClN3O4S.